The van der Waals surface area contributed by atoms with Gasteiger partial charge in [0.1, 0.15) is 11.9 Å². The summed E-state index contributed by atoms with van der Waals surface area (Å²) in [6.45, 7) is 1.42. The van der Waals surface area contributed by atoms with Crippen LogP contribution >= 0.6 is 0 Å². The average molecular weight is 455 g/mol. The fourth-order valence-electron chi connectivity index (χ4n) is 3.81. The highest BCUT2D eigenvalue weighted by Crippen LogP contribution is 2.32. The first kappa shape index (κ1) is 22.4. The van der Waals surface area contributed by atoms with E-state index in [0.29, 0.717) is 25.3 Å². The van der Waals surface area contributed by atoms with E-state index in [-0.39, 0.29) is 37.1 Å². The first-order valence-electron chi connectivity index (χ1n) is 10.6. The predicted octanol–water partition coefficient (Wildman–Crippen LogP) is 2.76. The second kappa shape index (κ2) is 9.35. The molecule has 1 atom stereocenters. The predicted molar refractivity (Wildman–Crippen MR) is 107 cm³/mol. The minimum Gasteiger partial charge on any atom is -0.444 e. The molecular weight excluding hydrogens is 431 g/mol. The van der Waals surface area contributed by atoms with Gasteiger partial charge in [-0.25, -0.2) is 23.0 Å². The first-order valence-corrected chi connectivity index (χ1v) is 10.6. The van der Waals surface area contributed by atoms with Gasteiger partial charge >= 0.3 is 6.09 Å². The summed E-state index contributed by atoms with van der Waals surface area (Å²) in [6, 6.07) is 4.33. The number of benzene rings is 1. The highest BCUT2D eigenvalue weighted by molar-refractivity contribution is 5.90. The van der Waals surface area contributed by atoms with E-state index in [4.69, 9.17) is 9.57 Å². The second-order valence-corrected chi connectivity index (χ2v) is 8.09. The first-order chi connectivity index (χ1) is 15.3. The Bertz CT molecular complexity index is 895. The fraction of sp³-hybridized carbons (Fsp3) is 0.571. The molecule has 2 amide bonds. The van der Waals surface area contributed by atoms with E-state index in [1.165, 1.54) is 16.0 Å². The van der Waals surface area contributed by atoms with Gasteiger partial charge in [-0.15, -0.1) is 0 Å². The lowest BCUT2D eigenvalue weighted by Crippen LogP contribution is -2.35. The van der Waals surface area contributed by atoms with Gasteiger partial charge < -0.3 is 9.64 Å². The number of hydroxylamine groups is 2. The van der Waals surface area contributed by atoms with E-state index in [9.17, 15) is 27.6 Å². The van der Waals surface area contributed by atoms with Crippen LogP contribution < -0.4 is 9.80 Å². The van der Waals surface area contributed by atoms with E-state index in [1.54, 1.807) is 17.0 Å². The molecule has 1 aliphatic carbocycles. The molecule has 3 fully saturated rings. The molecule has 2 heterocycles. The van der Waals surface area contributed by atoms with Gasteiger partial charge in [-0.05, 0) is 37.5 Å². The third kappa shape index (κ3) is 4.98. The number of hydrogen-bond donors (Lipinski definition) is 0. The lowest BCUT2D eigenvalue weighted by molar-refractivity contribution is -0.183. The van der Waals surface area contributed by atoms with E-state index in [1.807, 2.05) is 0 Å². The number of carbonyl (C=O) groups excluding carboxylic acids is 3. The average Bonchev–Trinajstić information content (AvgIpc) is 3.57. The molecular formula is C21H24F3N3O5. The Balaban J connectivity index is 1.37. The van der Waals surface area contributed by atoms with E-state index in [2.05, 4.69) is 0 Å². The zero-order valence-corrected chi connectivity index (χ0v) is 17.3. The summed E-state index contributed by atoms with van der Waals surface area (Å²) in [5.74, 6) is -1.74. The fourth-order valence-corrected chi connectivity index (χ4v) is 3.81. The molecule has 1 saturated carbocycles. The number of ketones is 1. The number of nitrogens with zero attached hydrogens (tertiary/aromatic N) is 3. The Kier molecular flexibility index (Phi) is 6.54. The van der Waals surface area contributed by atoms with Crippen LogP contribution in [0.5, 0.6) is 0 Å². The Morgan fingerprint density at radius 1 is 1.16 bits per heavy atom. The Morgan fingerprint density at radius 3 is 2.62 bits per heavy atom. The molecule has 8 nitrogen and oxygen atoms in total. The molecule has 1 aromatic carbocycles. The molecule has 0 spiro atoms. The van der Waals surface area contributed by atoms with Crippen LogP contribution in [0.2, 0.25) is 0 Å². The lowest BCUT2D eigenvalue weighted by atomic mass is 10.1. The molecule has 32 heavy (non-hydrogen) atoms. The molecule has 0 radical (unpaired) electrons. The van der Waals surface area contributed by atoms with Gasteiger partial charge in [0.2, 0.25) is 5.91 Å². The number of rotatable bonds is 7. The maximum Gasteiger partial charge on any atom is 0.414 e. The van der Waals surface area contributed by atoms with Crippen molar-refractivity contribution in [2.24, 2.45) is 5.92 Å². The third-order valence-electron chi connectivity index (χ3n) is 5.77. The number of amides is 2. The quantitative estimate of drug-likeness (QED) is 0.629. The van der Waals surface area contributed by atoms with Crippen molar-refractivity contribution in [2.75, 3.05) is 42.6 Å². The minimum absolute atomic E-state index is 0.0180. The molecule has 0 aromatic heterocycles. The van der Waals surface area contributed by atoms with Crippen LogP contribution in [0.3, 0.4) is 0 Å². The molecule has 2 aliphatic heterocycles. The topological polar surface area (TPSA) is 79.4 Å². The van der Waals surface area contributed by atoms with Crippen molar-refractivity contribution < 1.29 is 37.1 Å². The number of carbonyl (C=O) groups is 3. The van der Waals surface area contributed by atoms with Gasteiger partial charge in [-0.1, -0.05) is 0 Å². The van der Waals surface area contributed by atoms with Gasteiger partial charge in [0.25, 0.3) is 6.43 Å². The Labute approximate surface area is 182 Å². The van der Waals surface area contributed by atoms with Crippen LogP contribution in [-0.2, 0) is 19.2 Å². The van der Waals surface area contributed by atoms with Crippen molar-refractivity contribution in [1.29, 1.82) is 0 Å². The molecule has 3 aliphatic rings. The third-order valence-corrected chi connectivity index (χ3v) is 5.77. The normalized spacial score (nSPS) is 21.7. The number of Topliss-reactive ketones (excluding diaryl/α,β-unsaturated/α-hetero) is 1. The summed E-state index contributed by atoms with van der Waals surface area (Å²) in [6.07, 6.45) is -3.14. The highest BCUT2D eigenvalue weighted by Gasteiger charge is 2.36. The second-order valence-electron chi connectivity index (χ2n) is 8.09. The number of hydrogen-bond acceptors (Lipinski definition) is 6. The van der Waals surface area contributed by atoms with Crippen molar-refractivity contribution in [3.8, 4) is 0 Å². The summed E-state index contributed by atoms with van der Waals surface area (Å²) >= 11 is 0. The van der Waals surface area contributed by atoms with Crippen LogP contribution in [0.15, 0.2) is 18.2 Å². The van der Waals surface area contributed by atoms with Crippen molar-refractivity contribution in [3.63, 3.8) is 0 Å². The molecule has 174 valence electrons. The molecule has 2 saturated heterocycles. The van der Waals surface area contributed by atoms with Gasteiger partial charge in [0.15, 0.2) is 5.78 Å². The summed E-state index contributed by atoms with van der Waals surface area (Å²) < 4.78 is 44.7. The zero-order valence-electron chi connectivity index (χ0n) is 17.3. The van der Waals surface area contributed by atoms with E-state index in [0.717, 1.165) is 12.8 Å². The maximum absolute atomic E-state index is 14.9. The molecule has 1 aromatic rings. The lowest BCUT2D eigenvalue weighted by Gasteiger charge is -2.24. The SMILES string of the molecule is O=C(CC[C@H]1CN(c2ccc(N3CCON(C(=O)C4CC4)CC3)c(F)c2)C(=O)O1)C(F)F. The Morgan fingerprint density at radius 2 is 1.94 bits per heavy atom. The standard InChI is InChI=1S/C21H24F3N3O5/c22-16-11-14(26-12-15(32-21(26)30)4-6-18(28)19(23)24)3-5-17(16)25-7-8-27(31-10-9-25)20(29)13-1-2-13/h3,5,11,13,15,19H,1-2,4,6-10,12H2/t15-/m0/s1. The van der Waals surface area contributed by atoms with Crippen LogP contribution in [0.1, 0.15) is 25.7 Å². The number of ether oxygens (including phenoxy) is 1. The van der Waals surface area contributed by atoms with Crippen molar-refractivity contribution in [2.45, 2.75) is 38.2 Å². The van der Waals surface area contributed by atoms with Crippen molar-refractivity contribution in [3.05, 3.63) is 24.0 Å². The van der Waals surface area contributed by atoms with Crippen LogP contribution in [0, 0.1) is 11.7 Å². The maximum atomic E-state index is 14.9. The largest absolute Gasteiger partial charge is 0.444 e. The van der Waals surface area contributed by atoms with Gasteiger partial charge in [0.05, 0.1) is 31.1 Å². The monoisotopic (exact) mass is 455 g/mol. The van der Waals surface area contributed by atoms with E-state index >= 15 is 0 Å². The molecule has 0 N–H and O–H groups in total. The number of alkyl halides is 2. The molecule has 0 unspecified atom stereocenters. The summed E-state index contributed by atoms with van der Waals surface area (Å²) in [7, 11) is 0. The smallest absolute Gasteiger partial charge is 0.414 e. The number of halogens is 3. The minimum atomic E-state index is -3.05. The van der Waals surface area contributed by atoms with Crippen LogP contribution in [0.4, 0.5) is 29.3 Å². The zero-order chi connectivity index (χ0) is 22.8. The van der Waals surface area contributed by atoms with Crippen molar-refractivity contribution >= 4 is 29.2 Å². The summed E-state index contributed by atoms with van der Waals surface area (Å²) in [5.41, 5.74) is 0.597. The summed E-state index contributed by atoms with van der Waals surface area (Å²) in [4.78, 5) is 44.0. The molecule has 0 bridgehead atoms. The van der Waals surface area contributed by atoms with Crippen LogP contribution in [-0.4, -0.2) is 68.2 Å². The molecule has 11 heteroatoms. The van der Waals surface area contributed by atoms with Gasteiger partial charge in [-0.2, -0.15) is 0 Å². The summed E-state index contributed by atoms with van der Waals surface area (Å²) in [5, 5.41) is 1.36. The molecule has 4 rings (SSSR count). The van der Waals surface area contributed by atoms with Crippen LogP contribution in [0.25, 0.3) is 0 Å². The van der Waals surface area contributed by atoms with Gasteiger partial charge in [-0.3, -0.25) is 19.3 Å². The van der Waals surface area contributed by atoms with E-state index < -0.39 is 36.6 Å². The number of anilines is 2. The highest BCUT2D eigenvalue weighted by atomic mass is 19.3. The van der Waals surface area contributed by atoms with Gasteiger partial charge in [0, 0.05) is 25.4 Å². The van der Waals surface area contributed by atoms with Crippen molar-refractivity contribution in [1.82, 2.24) is 5.06 Å². The Hall–Kier alpha value is -2.82. The number of cyclic esters (lactones) is 1.